The zero-order valence-corrected chi connectivity index (χ0v) is 29.6. The molecule has 3 aliphatic rings. The molecule has 0 unspecified atom stereocenters. The van der Waals surface area contributed by atoms with Crippen LogP contribution in [0, 0.1) is 0 Å². The van der Waals surface area contributed by atoms with Crippen molar-refractivity contribution >= 4 is 29.7 Å². The third kappa shape index (κ3) is 10.4. The van der Waals surface area contributed by atoms with Crippen LogP contribution in [0.1, 0.15) is 33.6 Å². The predicted molar refractivity (Wildman–Crippen MR) is 168 cm³/mol. The maximum Gasteiger partial charge on any atom is 0.364 e. The van der Waals surface area contributed by atoms with E-state index < -0.39 is 166 Å². The number of nitrogens with one attached hydrogen (secondary N) is 2. The van der Waals surface area contributed by atoms with Gasteiger partial charge >= 0.3 is 17.9 Å². The molecule has 0 radical (unpaired) electrons. The minimum Gasteiger partial charge on any atom is -0.477 e. The number of aliphatic hydroxyl groups is 10. The summed E-state index contributed by atoms with van der Waals surface area (Å²) in [7, 11) is 0. The van der Waals surface area contributed by atoms with Crippen LogP contribution in [-0.4, -0.2) is 214 Å². The number of ether oxygens (including phenoxy) is 6. The number of aliphatic hydroxyl groups excluding tert-OH is 10. The Labute approximate surface area is 310 Å². The zero-order valence-electron chi connectivity index (χ0n) is 29.6. The first-order valence-electron chi connectivity index (χ1n) is 16.7. The van der Waals surface area contributed by atoms with Gasteiger partial charge in [-0.05, 0) is 0 Å². The van der Waals surface area contributed by atoms with Gasteiger partial charge in [0.1, 0.15) is 67.6 Å². The summed E-state index contributed by atoms with van der Waals surface area (Å²) in [5.74, 6) is -13.2. The molecule has 0 bridgehead atoms. The average Bonchev–Trinajstić information content (AvgIpc) is 3.10. The molecule has 3 fully saturated rings. The van der Waals surface area contributed by atoms with Gasteiger partial charge in [-0.2, -0.15) is 0 Å². The van der Waals surface area contributed by atoms with Gasteiger partial charge in [0.2, 0.25) is 11.8 Å². The standard InChI is InChI=1S/C30H48N2O23/c1-9(35)31-17-12(38)4-29(27(46)47,53-23(17)19(41)14(40)8-50-11(3)37)52-16(7-34)21(43)24-18(32-10(2)36)13(39)5-30(54-24,28(48)49)55-25-20(42)15(6-33)51-26(45)22(25)44/h12-26,33-34,38-45H,4-8H2,1-3H3,(H,31,35)(H,32,36)(H,46,47)(H,48,49)/t12-,13-,14+,15+,16+,17+,18+,19+,20-,21+,22+,23+,24+,25-,26+,29+,30-/m0/s1. The number of carboxylic acid groups (broad SMARTS) is 2. The molecule has 3 heterocycles. The second kappa shape index (κ2) is 18.8. The van der Waals surface area contributed by atoms with Crippen LogP contribution in [0.4, 0.5) is 0 Å². The van der Waals surface area contributed by atoms with E-state index in [0.717, 1.165) is 20.8 Å². The van der Waals surface area contributed by atoms with Gasteiger partial charge in [-0.15, -0.1) is 0 Å². The fourth-order valence-electron chi connectivity index (χ4n) is 6.46. The lowest BCUT2D eigenvalue weighted by molar-refractivity contribution is -0.371. The van der Waals surface area contributed by atoms with Crippen LogP contribution in [0.3, 0.4) is 0 Å². The van der Waals surface area contributed by atoms with E-state index in [-0.39, 0.29) is 0 Å². The zero-order chi connectivity index (χ0) is 41.7. The number of hydrogen-bond acceptors (Lipinski definition) is 21. The van der Waals surface area contributed by atoms with Crippen LogP contribution < -0.4 is 10.6 Å². The van der Waals surface area contributed by atoms with Gasteiger partial charge in [0.15, 0.2) is 6.29 Å². The highest BCUT2D eigenvalue weighted by Crippen LogP contribution is 2.39. The van der Waals surface area contributed by atoms with Crippen LogP contribution in [-0.2, 0) is 52.4 Å². The number of carbonyl (C=O) groups excluding carboxylic acids is 3. The Balaban J connectivity index is 2.05. The summed E-state index contributed by atoms with van der Waals surface area (Å²) in [6.07, 6.45) is -29.9. The van der Waals surface area contributed by atoms with E-state index in [1.165, 1.54) is 0 Å². The molecule has 3 rings (SSSR count). The maximum absolute atomic E-state index is 12.8. The molecular weight excluding hydrogens is 756 g/mol. The molecule has 3 aliphatic heterocycles. The van der Waals surface area contributed by atoms with Crippen molar-refractivity contribution in [3.8, 4) is 0 Å². The Bertz CT molecular complexity index is 1370. The second-order valence-electron chi connectivity index (χ2n) is 13.3. The molecule has 0 spiro atoms. The quantitative estimate of drug-likeness (QED) is 0.0644. The van der Waals surface area contributed by atoms with Gasteiger partial charge in [0.05, 0.1) is 37.5 Å². The van der Waals surface area contributed by atoms with Crippen molar-refractivity contribution in [2.24, 2.45) is 0 Å². The van der Waals surface area contributed by atoms with Crippen LogP contribution in [0.5, 0.6) is 0 Å². The number of amides is 2. The normalized spacial score (nSPS) is 38.8. The van der Waals surface area contributed by atoms with E-state index in [0.29, 0.717) is 0 Å². The van der Waals surface area contributed by atoms with Crippen molar-refractivity contribution in [3.63, 3.8) is 0 Å². The van der Waals surface area contributed by atoms with Crippen molar-refractivity contribution < 1.29 is 114 Å². The number of carboxylic acids is 2. The SMILES string of the molecule is CC(=O)N[C@H]1[C@H]([C@H](O)[C@H](O)COC(C)=O)O[C@@](O[C@H](CO)[C@@H](O)[C@@H]2O[C@@](O[C@@H]3[C@@H](O)[C@H](O)O[C@H](CO)[C@@H]3O)(C(=O)O)C[C@H](O)[C@H]2NC(C)=O)(C(=O)O)C[C@@H]1O. The lowest BCUT2D eigenvalue weighted by atomic mass is 9.87. The van der Waals surface area contributed by atoms with E-state index >= 15 is 0 Å². The fourth-order valence-corrected chi connectivity index (χ4v) is 6.46. The molecule has 2 amide bonds. The molecule has 25 heteroatoms. The lowest BCUT2D eigenvalue weighted by Crippen LogP contribution is -2.71. The molecule has 0 aliphatic carbocycles. The molecule has 0 saturated carbocycles. The molecule has 316 valence electrons. The summed E-state index contributed by atoms with van der Waals surface area (Å²) < 4.78 is 31.7. The van der Waals surface area contributed by atoms with Gasteiger partial charge in [0.25, 0.3) is 11.6 Å². The predicted octanol–water partition coefficient (Wildman–Crippen LogP) is -8.30. The van der Waals surface area contributed by atoms with Crippen molar-refractivity contribution in [2.45, 2.75) is 137 Å². The monoisotopic (exact) mass is 804 g/mol. The van der Waals surface area contributed by atoms with Crippen LogP contribution in [0.15, 0.2) is 0 Å². The first kappa shape index (κ1) is 46.1. The van der Waals surface area contributed by atoms with Crippen LogP contribution in [0.25, 0.3) is 0 Å². The van der Waals surface area contributed by atoms with E-state index in [9.17, 15) is 85.3 Å². The van der Waals surface area contributed by atoms with E-state index in [1.54, 1.807) is 0 Å². The lowest BCUT2D eigenvalue weighted by Gasteiger charge is -2.50. The van der Waals surface area contributed by atoms with Crippen LogP contribution in [0.2, 0.25) is 0 Å². The Morgan fingerprint density at radius 2 is 1.25 bits per heavy atom. The van der Waals surface area contributed by atoms with Crippen molar-refractivity contribution in [3.05, 3.63) is 0 Å². The van der Waals surface area contributed by atoms with E-state index in [2.05, 4.69) is 15.4 Å². The average molecular weight is 805 g/mol. The Hall–Kier alpha value is -3.25. The van der Waals surface area contributed by atoms with E-state index in [4.69, 9.17) is 23.7 Å². The van der Waals surface area contributed by atoms with Gasteiger partial charge < -0.3 is 100 Å². The first-order valence-corrected chi connectivity index (χ1v) is 16.7. The van der Waals surface area contributed by atoms with Gasteiger partial charge in [-0.1, -0.05) is 0 Å². The molecule has 0 aromatic rings. The van der Waals surface area contributed by atoms with Crippen LogP contribution >= 0.6 is 0 Å². The highest BCUT2D eigenvalue weighted by atomic mass is 16.8. The van der Waals surface area contributed by atoms with Crippen molar-refractivity contribution in [1.82, 2.24) is 10.6 Å². The minimum absolute atomic E-state index is 0.824. The molecule has 0 aromatic carbocycles. The first-order chi connectivity index (χ1) is 25.5. The highest BCUT2D eigenvalue weighted by Gasteiger charge is 2.61. The highest BCUT2D eigenvalue weighted by molar-refractivity contribution is 5.77. The smallest absolute Gasteiger partial charge is 0.364 e. The summed E-state index contributed by atoms with van der Waals surface area (Å²) in [5, 5.41) is 132. The summed E-state index contributed by atoms with van der Waals surface area (Å²) in [6, 6.07) is -3.47. The maximum atomic E-state index is 12.8. The number of esters is 1. The molecule has 55 heavy (non-hydrogen) atoms. The van der Waals surface area contributed by atoms with Gasteiger partial charge in [-0.25, -0.2) is 9.59 Å². The molecule has 14 N–H and O–H groups in total. The number of carbonyl (C=O) groups is 5. The minimum atomic E-state index is -3.20. The largest absolute Gasteiger partial charge is 0.477 e. The third-order valence-corrected chi connectivity index (χ3v) is 9.13. The molecule has 0 aromatic heterocycles. The van der Waals surface area contributed by atoms with Crippen molar-refractivity contribution in [2.75, 3.05) is 19.8 Å². The topological polar surface area (TPSA) is 408 Å². The van der Waals surface area contributed by atoms with E-state index in [1.807, 2.05) is 0 Å². The number of rotatable bonds is 16. The summed E-state index contributed by atoms with van der Waals surface area (Å²) in [4.78, 5) is 61.0. The third-order valence-electron chi connectivity index (χ3n) is 9.13. The molecule has 3 saturated heterocycles. The van der Waals surface area contributed by atoms with Gasteiger partial charge in [0, 0.05) is 33.6 Å². The second-order valence-corrected chi connectivity index (χ2v) is 13.3. The summed E-state index contributed by atoms with van der Waals surface area (Å²) in [6.45, 7) is -0.332. The Morgan fingerprint density at radius 3 is 1.71 bits per heavy atom. The Kier molecular flexibility index (Phi) is 15.8. The summed E-state index contributed by atoms with van der Waals surface area (Å²) >= 11 is 0. The van der Waals surface area contributed by atoms with Crippen molar-refractivity contribution in [1.29, 1.82) is 0 Å². The molecular formula is C30H48N2O23. The fraction of sp³-hybridized carbons (Fsp3) is 0.833. The number of aliphatic carboxylic acids is 2. The number of hydrogen-bond donors (Lipinski definition) is 14. The molecule has 25 nitrogen and oxygen atoms in total. The summed E-state index contributed by atoms with van der Waals surface area (Å²) in [5.41, 5.74) is 0. The van der Waals surface area contributed by atoms with Gasteiger partial charge in [-0.3, -0.25) is 14.4 Å². The molecule has 17 atom stereocenters. The Morgan fingerprint density at radius 1 is 0.764 bits per heavy atom.